The van der Waals surface area contributed by atoms with Crippen LogP contribution in [-0.4, -0.2) is 73.6 Å². The Bertz CT molecular complexity index is 1210. The normalized spacial score (nSPS) is 13.9. The van der Waals surface area contributed by atoms with E-state index in [0.29, 0.717) is 42.3 Å². The first-order chi connectivity index (χ1) is 18.7. The van der Waals surface area contributed by atoms with E-state index in [0.717, 1.165) is 62.2 Å². The van der Waals surface area contributed by atoms with Crippen LogP contribution in [0, 0.1) is 0 Å². The largest absolute Gasteiger partial charge is 0.339 e. The predicted molar refractivity (Wildman–Crippen MR) is 159 cm³/mol. The summed E-state index contributed by atoms with van der Waals surface area (Å²) in [6.07, 6.45) is 3.98. The highest BCUT2D eigenvalue weighted by atomic mass is 32.2. The molecule has 1 aromatic heterocycles. The lowest BCUT2D eigenvalue weighted by Gasteiger charge is -2.27. The summed E-state index contributed by atoms with van der Waals surface area (Å²) in [6.45, 7) is 15.0. The SMILES string of the molecule is CCCN(CCC)C(=O)c1c(NC(=O)c2ccc(S(=O)(=O)N(CCC)CCC)cc2)sc2c1CCN(CC)C2. The Balaban J connectivity index is 1.90. The molecule has 216 valence electrons. The number of likely N-dealkylation sites (N-methyl/N-ethyl adjacent to an activating group) is 1. The van der Waals surface area contributed by atoms with Gasteiger partial charge < -0.3 is 10.2 Å². The smallest absolute Gasteiger partial charge is 0.257 e. The Morgan fingerprint density at radius 1 is 0.923 bits per heavy atom. The molecule has 0 fully saturated rings. The first-order valence-electron chi connectivity index (χ1n) is 14.3. The van der Waals surface area contributed by atoms with Crippen LogP contribution in [0.2, 0.25) is 0 Å². The fourth-order valence-electron chi connectivity index (χ4n) is 5.01. The second-order valence-electron chi connectivity index (χ2n) is 10.0. The minimum atomic E-state index is -3.63. The van der Waals surface area contributed by atoms with Crippen LogP contribution >= 0.6 is 11.3 Å². The predicted octanol–water partition coefficient (Wildman–Crippen LogP) is 5.45. The monoisotopic (exact) mass is 576 g/mol. The number of hydrogen-bond donors (Lipinski definition) is 1. The van der Waals surface area contributed by atoms with Crippen LogP contribution in [0.4, 0.5) is 5.00 Å². The Kier molecular flexibility index (Phi) is 11.5. The van der Waals surface area contributed by atoms with Crippen LogP contribution in [0.3, 0.4) is 0 Å². The maximum Gasteiger partial charge on any atom is 0.257 e. The molecule has 39 heavy (non-hydrogen) atoms. The molecule has 0 radical (unpaired) electrons. The van der Waals surface area contributed by atoms with E-state index in [9.17, 15) is 18.0 Å². The highest BCUT2D eigenvalue weighted by Gasteiger charge is 2.31. The molecule has 0 bridgehead atoms. The Labute approximate surface area is 238 Å². The number of thiophene rings is 1. The maximum atomic E-state index is 13.8. The van der Waals surface area contributed by atoms with Crippen LogP contribution in [-0.2, 0) is 23.0 Å². The van der Waals surface area contributed by atoms with E-state index < -0.39 is 10.0 Å². The number of benzene rings is 1. The van der Waals surface area contributed by atoms with E-state index >= 15 is 0 Å². The molecule has 2 amide bonds. The van der Waals surface area contributed by atoms with Gasteiger partial charge in [0.2, 0.25) is 10.0 Å². The van der Waals surface area contributed by atoms with E-state index in [4.69, 9.17) is 0 Å². The summed E-state index contributed by atoms with van der Waals surface area (Å²) in [6, 6.07) is 6.09. The molecule has 1 aromatic carbocycles. The number of nitrogens with one attached hydrogen (secondary N) is 1. The fourth-order valence-corrected chi connectivity index (χ4v) is 7.91. The molecule has 0 aliphatic carbocycles. The summed E-state index contributed by atoms with van der Waals surface area (Å²) >= 11 is 1.48. The third-order valence-electron chi connectivity index (χ3n) is 7.00. The molecule has 0 spiro atoms. The van der Waals surface area contributed by atoms with Gasteiger partial charge in [-0.15, -0.1) is 11.3 Å². The Morgan fingerprint density at radius 3 is 2.05 bits per heavy atom. The number of anilines is 1. The lowest BCUT2D eigenvalue weighted by molar-refractivity contribution is 0.0755. The molecule has 2 heterocycles. The zero-order valence-corrected chi connectivity index (χ0v) is 25.7. The average molecular weight is 577 g/mol. The summed E-state index contributed by atoms with van der Waals surface area (Å²) < 4.78 is 27.7. The molecule has 1 aliphatic rings. The van der Waals surface area contributed by atoms with Crippen LogP contribution in [0.25, 0.3) is 0 Å². The summed E-state index contributed by atoms with van der Waals surface area (Å²) in [7, 11) is -3.63. The molecule has 2 aromatic rings. The topological polar surface area (TPSA) is 90.0 Å². The molecule has 8 nitrogen and oxygen atoms in total. The lowest BCUT2D eigenvalue weighted by Crippen LogP contribution is -2.35. The highest BCUT2D eigenvalue weighted by molar-refractivity contribution is 7.89. The van der Waals surface area contributed by atoms with Crippen LogP contribution in [0.5, 0.6) is 0 Å². The van der Waals surface area contributed by atoms with Crippen LogP contribution in [0.1, 0.15) is 91.5 Å². The molecule has 0 atom stereocenters. The van der Waals surface area contributed by atoms with Gasteiger partial charge in [-0.1, -0.05) is 34.6 Å². The van der Waals surface area contributed by atoms with Gasteiger partial charge in [0.05, 0.1) is 10.5 Å². The van der Waals surface area contributed by atoms with Gasteiger partial charge in [0.15, 0.2) is 0 Å². The number of carbonyl (C=O) groups excluding carboxylic acids is 2. The first kappa shape index (κ1) is 31.3. The second kappa shape index (κ2) is 14.4. The summed E-state index contributed by atoms with van der Waals surface area (Å²) in [4.78, 5) is 32.7. The minimum Gasteiger partial charge on any atom is -0.339 e. The van der Waals surface area contributed by atoms with Crippen molar-refractivity contribution in [1.29, 1.82) is 0 Å². The Morgan fingerprint density at radius 2 is 1.51 bits per heavy atom. The molecule has 1 N–H and O–H groups in total. The molecule has 0 saturated carbocycles. The number of fused-ring (bicyclic) bond motifs is 1. The van der Waals surface area contributed by atoms with Crippen molar-refractivity contribution in [3.63, 3.8) is 0 Å². The molecule has 0 unspecified atom stereocenters. The quantitative estimate of drug-likeness (QED) is 0.323. The second-order valence-corrected chi connectivity index (χ2v) is 13.0. The number of amides is 2. The van der Waals surface area contributed by atoms with Gasteiger partial charge in [0, 0.05) is 49.7 Å². The van der Waals surface area contributed by atoms with E-state index in [-0.39, 0.29) is 16.7 Å². The van der Waals surface area contributed by atoms with Gasteiger partial charge in [-0.05, 0) is 68.5 Å². The van der Waals surface area contributed by atoms with E-state index in [1.54, 1.807) is 12.1 Å². The third-order valence-corrected chi connectivity index (χ3v) is 10.0. The van der Waals surface area contributed by atoms with Crippen LogP contribution in [0.15, 0.2) is 29.2 Å². The minimum absolute atomic E-state index is 0.0233. The van der Waals surface area contributed by atoms with Gasteiger partial charge >= 0.3 is 0 Å². The summed E-state index contributed by atoms with van der Waals surface area (Å²) in [5, 5.41) is 3.59. The molecular weight excluding hydrogens is 532 g/mol. The molecule has 1 aliphatic heterocycles. The van der Waals surface area contributed by atoms with Gasteiger partial charge in [-0.3, -0.25) is 14.5 Å². The van der Waals surface area contributed by atoms with Gasteiger partial charge in [-0.2, -0.15) is 4.31 Å². The molecule has 10 heteroatoms. The number of hydrogen-bond acceptors (Lipinski definition) is 6. The zero-order valence-electron chi connectivity index (χ0n) is 24.1. The van der Waals surface area contributed by atoms with Crippen molar-refractivity contribution in [3.8, 4) is 0 Å². The highest BCUT2D eigenvalue weighted by Crippen LogP contribution is 2.38. The number of rotatable bonds is 14. The van der Waals surface area contributed by atoms with Crippen molar-refractivity contribution in [2.24, 2.45) is 0 Å². The molecule has 3 rings (SSSR count). The summed E-state index contributed by atoms with van der Waals surface area (Å²) in [5.41, 5.74) is 2.02. The molecular formula is C29H44N4O4S2. The van der Waals surface area contributed by atoms with E-state index in [2.05, 4.69) is 31.0 Å². The van der Waals surface area contributed by atoms with Crippen molar-refractivity contribution in [2.75, 3.05) is 44.6 Å². The van der Waals surface area contributed by atoms with Crippen molar-refractivity contribution in [3.05, 3.63) is 45.8 Å². The first-order valence-corrected chi connectivity index (χ1v) is 16.5. The fraction of sp³-hybridized carbons (Fsp3) is 0.586. The standard InChI is InChI=1S/C29H44N4O4S2/c1-6-16-32(17-7-2)29(35)26-24-15-20-31(10-5)21-25(24)38-28(26)30-27(34)22-11-13-23(14-12-22)39(36,37)33(18-8-3)19-9-4/h11-14H,6-10,15-21H2,1-5H3,(H,30,34). The average Bonchev–Trinajstić information content (AvgIpc) is 3.29. The number of nitrogens with zero attached hydrogens (tertiary/aromatic N) is 3. The van der Waals surface area contributed by atoms with Crippen molar-refractivity contribution < 1.29 is 18.0 Å². The van der Waals surface area contributed by atoms with Gasteiger partial charge in [0.25, 0.3) is 11.8 Å². The van der Waals surface area contributed by atoms with Gasteiger partial charge in [-0.25, -0.2) is 8.42 Å². The summed E-state index contributed by atoms with van der Waals surface area (Å²) in [5.74, 6) is -0.375. The zero-order chi connectivity index (χ0) is 28.6. The maximum absolute atomic E-state index is 13.8. The lowest BCUT2D eigenvalue weighted by atomic mass is 10.0. The van der Waals surface area contributed by atoms with Gasteiger partial charge in [0.1, 0.15) is 5.00 Å². The van der Waals surface area contributed by atoms with Crippen molar-refractivity contribution in [2.45, 2.75) is 78.2 Å². The molecule has 0 saturated heterocycles. The van der Waals surface area contributed by atoms with E-state index in [1.165, 1.54) is 27.8 Å². The number of carbonyl (C=O) groups is 2. The van der Waals surface area contributed by atoms with Crippen molar-refractivity contribution >= 4 is 38.2 Å². The number of sulfonamides is 1. The Hall–Kier alpha value is -2.27. The van der Waals surface area contributed by atoms with Crippen LogP contribution < -0.4 is 5.32 Å². The van der Waals surface area contributed by atoms with Crippen molar-refractivity contribution in [1.82, 2.24) is 14.1 Å². The van der Waals surface area contributed by atoms with E-state index in [1.807, 2.05) is 18.7 Å². The third kappa shape index (κ3) is 7.28.